The summed E-state index contributed by atoms with van der Waals surface area (Å²) in [5, 5.41) is 10.5. The summed E-state index contributed by atoms with van der Waals surface area (Å²) in [4.78, 5) is 14.5. The average Bonchev–Trinajstić information content (AvgIpc) is 3.01. The van der Waals surface area contributed by atoms with Gasteiger partial charge in [0, 0.05) is 24.3 Å². The number of piperidine rings is 1. The Bertz CT molecular complexity index is 460. The molecule has 0 spiro atoms. The van der Waals surface area contributed by atoms with Gasteiger partial charge in [0.15, 0.2) is 5.69 Å². The summed E-state index contributed by atoms with van der Waals surface area (Å²) in [7, 11) is 1.99. The van der Waals surface area contributed by atoms with Gasteiger partial charge in [-0.05, 0) is 51.6 Å². The second kappa shape index (κ2) is 5.33. The summed E-state index contributed by atoms with van der Waals surface area (Å²) in [6, 6.07) is 0. The molecule has 0 radical (unpaired) electrons. The number of likely N-dealkylation sites (tertiary alicyclic amines) is 1. The lowest BCUT2D eigenvalue weighted by Gasteiger charge is -2.31. The second-order valence-electron chi connectivity index (χ2n) is 5.68. The Morgan fingerprint density at radius 1 is 1.42 bits per heavy atom. The van der Waals surface area contributed by atoms with Crippen LogP contribution < -0.4 is 5.32 Å². The molecular formula is C14H22N4O. The predicted molar refractivity (Wildman–Crippen MR) is 73.2 cm³/mol. The Labute approximate surface area is 113 Å². The minimum Gasteiger partial charge on any atom is -0.337 e. The van der Waals surface area contributed by atoms with Crippen LogP contribution in [-0.4, -0.2) is 47.7 Å². The van der Waals surface area contributed by atoms with Crippen molar-refractivity contribution in [2.75, 3.05) is 26.7 Å². The van der Waals surface area contributed by atoms with E-state index in [4.69, 9.17) is 0 Å². The molecule has 0 bridgehead atoms. The van der Waals surface area contributed by atoms with Gasteiger partial charge >= 0.3 is 0 Å². The van der Waals surface area contributed by atoms with Crippen LogP contribution in [0.4, 0.5) is 0 Å². The molecule has 1 amide bonds. The molecule has 1 fully saturated rings. The molecular weight excluding hydrogens is 240 g/mol. The predicted octanol–water partition coefficient (Wildman–Crippen LogP) is 0.970. The van der Waals surface area contributed by atoms with Crippen molar-refractivity contribution in [3.8, 4) is 0 Å². The Balaban J connectivity index is 1.65. The maximum atomic E-state index is 12.5. The van der Waals surface area contributed by atoms with Gasteiger partial charge in [-0.15, -0.1) is 0 Å². The Morgan fingerprint density at radius 3 is 2.95 bits per heavy atom. The first-order chi connectivity index (χ1) is 9.29. The number of amides is 1. The summed E-state index contributed by atoms with van der Waals surface area (Å²) in [5.74, 6) is 0.834. The monoisotopic (exact) mass is 262 g/mol. The van der Waals surface area contributed by atoms with Gasteiger partial charge in [0.05, 0.1) is 0 Å². The average molecular weight is 262 g/mol. The number of aromatic nitrogens is 2. The normalized spacial score (nSPS) is 19.7. The first-order valence-electron chi connectivity index (χ1n) is 7.29. The van der Waals surface area contributed by atoms with Crippen molar-refractivity contribution < 1.29 is 4.79 Å². The van der Waals surface area contributed by atoms with Gasteiger partial charge in [0.2, 0.25) is 0 Å². The molecule has 1 saturated heterocycles. The highest BCUT2D eigenvalue weighted by atomic mass is 16.2. The molecule has 2 N–H and O–H groups in total. The standard InChI is InChI=1S/C14H22N4O/c1-15-9-10-5-7-18(8-6-10)14(19)13-11-3-2-4-12(11)16-17-13/h10,15H,2-9H2,1H3,(H,16,17). The van der Waals surface area contributed by atoms with E-state index in [1.54, 1.807) is 0 Å². The molecule has 2 heterocycles. The highest BCUT2D eigenvalue weighted by Gasteiger charge is 2.28. The van der Waals surface area contributed by atoms with Gasteiger partial charge in [-0.2, -0.15) is 5.10 Å². The zero-order valence-corrected chi connectivity index (χ0v) is 11.5. The minimum atomic E-state index is 0.127. The number of H-pyrrole nitrogens is 1. The molecule has 0 aromatic carbocycles. The Morgan fingerprint density at radius 2 is 2.21 bits per heavy atom. The molecule has 5 nitrogen and oxygen atoms in total. The molecule has 3 rings (SSSR count). The third-order valence-electron chi connectivity index (χ3n) is 4.40. The minimum absolute atomic E-state index is 0.127. The first-order valence-corrected chi connectivity index (χ1v) is 7.29. The van der Waals surface area contributed by atoms with E-state index in [1.165, 1.54) is 11.3 Å². The first kappa shape index (κ1) is 12.7. The van der Waals surface area contributed by atoms with Crippen molar-refractivity contribution in [2.24, 2.45) is 5.92 Å². The van der Waals surface area contributed by atoms with Crippen LogP contribution in [-0.2, 0) is 12.8 Å². The number of hydrogen-bond acceptors (Lipinski definition) is 3. The van der Waals surface area contributed by atoms with Crippen LogP contribution in [0.25, 0.3) is 0 Å². The van der Waals surface area contributed by atoms with E-state index in [2.05, 4.69) is 15.5 Å². The third kappa shape index (κ3) is 2.39. The zero-order chi connectivity index (χ0) is 13.2. The van der Waals surface area contributed by atoms with Crippen LogP contribution in [0.5, 0.6) is 0 Å². The molecule has 0 saturated carbocycles. The number of nitrogens with zero attached hydrogens (tertiary/aromatic N) is 2. The fourth-order valence-electron chi connectivity index (χ4n) is 3.27. The van der Waals surface area contributed by atoms with Crippen LogP contribution in [0.2, 0.25) is 0 Å². The van der Waals surface area contributed by atoms with E-state index in [-0.39, 0.29) is 5.91 Å². The maximum Gasteiger partial charge on any atom is 0.274 e. The Kier molecular flexibility index (Phi) is 3.55. The van der Waals surface area contributed by atoms with Crippen LogP contribution in [0, 0.1) is 5.92 Å². The van der Waals surface area contributed by atoms with Gasteiger partial charge in [-0.1, -0.05) is 0 Å². The van der Waals surface area contributed by atoms with Gasteiger partial charge in [0.1, 0.15) is 0 Å². The largest absolute Gasteiger partial charge is 0.337 e. The number of hydrogen-bond donors (Lipinski definition) is 2. The summed E-state index contributed by atoms with van der Waals surface area (Å²) >= 11 is 0. The van der Waals surface area contributed by atoms with E-state index >= 15 is 0 Å². The molecule has 1 aliphatic heterocycles. The highest BCUT2D eigenvalue weighted by molar-refractivity contribution is 5.94. The molecule has 0 atom stereocenters. The molecule has 2 aliphatic rings. The fourth-order valence-corrected chi connectivity index (χ4v) is 3.27. The van der Waals surface area contributed by atoms with Crippen molar-refractivity contribution in [3.05, 3.63) is 17.0 Å². The molecule has 1 aliphatic carbocycles. The van der Waals surface area contributed by atoms with Gasteiger partial charge in [-0.3, -0.25) is 9.89 Å². The smallest absolute Gasteiger partial charge is 0.274 e. The summed E-state index contributed by atoms with van der Waals surface area (Å²) < 4.78 is 0. The molecule has 104 valence electrons. The number of carbonyl (C=O) groups excluding carboxylic acids is 1. The topological polar surface area (TPSA) is 61.0 Å². The quantitative estimate of drug-likeness (QED) is 0.853. The van der Waals surface area contributed by atoms with E-state index in [0.29, 0.717) is 11.6 Å². The number of aryl methyl sites for hydroxylation is 1. The fraction of sp³-hybridized carbons (Fsp3) is 0.714. The van der Waals surface area contributed by atoms with Gasteiger partial charge < -0.3 is 10.2 Å². The lowest BCUT2D eigenvalue weighted by Crippen LogP contribution is -2.40. The molecule has 5 heteroatoms. The number of aromatic amines is 1. The van der Waals surface area contributed by atoms with Crippen molar-refractivity contribution in [3.63, 3.8) is 0 Å². The van der Waals surface area contributed by atoms with Crippen molar-refractivity contribution in [1.29, 1.82) is 0 Å². The van der Waals surface area contributed by atoms with Crippen LogP contribution in [0.3, 0.4) is 0 Å². The third-order valence-corrected chi connectivity index (χ3v) is 4.40. The number of carbonyl (C=O) groups is 1. The molecule has 1 aromatic rings. The van der Waals surface area contributed by atoms with E-state index in [1.807, 2.05) is 11.9 Å². The van der Waals surface area contributed by atoms with Crippen LogP contribution >= 0.6 is 0 Å². The molecule has 0 unspecified atom stereocenters. The van der Waals surface area contributed by atoms with Crippen molar-refractivity contribution >= 4 is 5.91 Å². The van der Waals surface area contributed by atoms with Crippen LogP contribution in [0.15, 0.2) is 0 Å². The number of rotatable bonds is 3. The summed E-state index contributed by atoms with van der Waals surface area (Å²) in [6.45, 7) is 2.79. The highest BCUT2D eigenvalue weighted by Crippen LogP contribution is 2.25. The lowest BCUT2D eigenvalue weighted by atomic mass is 9.96. The summed E-state index contributed by atoms with van der Waals surface area (Å²) in [5.41, 5.74) is 3.02. The zero-order valence-electron chi connectivity index (χ0n) is 11.5. The van der Waals surface area contributed by atoms with E-state index < -0.39 is 0 Å². The molecule has 19 heavy (non-hydrogen) atoms. The number of fused-ring (bicyclic) bond motifs is 1. The van der Waals surface area contributed by atoms with E-state index in [9.17, 15) is 4.79 Å². The Hall–Kier alpha value is -1.36. The van der Waals surface area contributed by atoms with E-state index in [0.717, 1.165) is 51.7 Å². The van der Waals surface area contributed by atoms with Crippen molar-refractivity contribution in [1.82, 2.24) is 20.4 Å². The maximum absolute atomic E-state index is 12.5. The summed E-state index contributed by atoms with van der Waals surface area (Å²) in [6.07, 6.45) is 5.38. The SMILES string of the molecule is CNCC1CCN(C(=O)c2n[nH]c3c2CCC3)CC1. The van der Waals surface area contributed by atoms with Crippen LogP contribution in [0.1, 0.15) is 41.0 Å². The molecule has 1 aromatic heterocycles. The number of nitrogens with one attached hydrogen (secondary N) is 2. The van der Waals surface area contributed by atoms with Gasteiger partial charge in [-0.25, -0.2) is 0 Å². The lowest BCUT2D eigenvalue weighted by molar-refractivity contribution is 0.0684. The van der Waals surface area contributed by atoms with Crippen molar-refractivity contribution in [2.45, 2.75) is 32.1 Å². The van der Waals surface area contributed by atoms with Gasteiger partial charge in [0.25, 0.3) is 5.91 Å². The second-order valence-corrected chi connectivity index (χ2v) is 5.68.